The monoisotopic (exact) mass is 283 g/mol. The largest absolute Gasteiger partial charge is 0.366 e. The second-order valence-electron chi connectivity index (χ2n) is 4.59. The summed E-state index contributed by atoms with van der Waals surface area (Å²) in [5.41, 5.74) is 0. The van der Waals surface area contributed by atoms with E-state index in [1.807, 2.05) is 0 Å². The van der Waals surface area contributed by atoms with Crippen molar-refractivity contribution in [1.29, 1.82) is 0 Å². The molecule has 1 fully saturated rings. The van der Waals surface area contributed by atoms with Crippen LogP contribution in [-0.4, -0.2) is 16.0 Å². The molecule has 1 aromatic heterocycles. The van der Waals surface area contributed by atoms with Crippen LogP contribution in [0.1, 0.15) is 39.0 Å². The molecular formula is C12H18BrN3. The number of halogens is 1. The van der Waals surface area contributed by atoms with Crippen LogP contribution in [0.3, 0.4) is 0 Å². The van der Waals surface area contributed by atoms with Gasteiger partial charge in [0.05, 0.1) is 4.47 Å². The van der Waals surface area contributed by atoms with Crippen LogP contribution < -0.4 is 5.32 Å². The molecule has 88 valence electrons. The van der Waals surface area contributed by atoms with Crippen molar-refractivity contribution in [2.75, 3.05) is 5.32 Å². The van der Waals surface area contributed by atoms with Gasteiger partial charge in [-0.15, -0.1) is 0 Å². The maximum atomic E-state index is 4.27. The third-order valence-electron chi connectivity index (χ3n) is 3.35. The SMILES string of the molecule is CC1CCCCCC1Nc1ncncc1Br. The summed E-state index contributed by atoms with van der Waals surface area (Å²) in [6.07, 6.45) is 10.0. The number of rotatable bonds is 2. The minimum Gasteiger partial charge on any atom is -0.366 e. The Bertz CT molecular complexity index is 343. The Morgan fingerprint density at radius 3 is 2.94 bits per heavy atom. The summed E-state index contributed by atoms with van der Waals surface area (Å²) in [5.74, 6) is 1.65. The number of hydrogen-bond donors (Lipinski definition) is 1. The van der Waals surface area contributed by atoms with Crippen molar-refractivity contribution >= 4 is 21.7 Å². The Morgan fingerprint density at radius 2 is 2.12 bits per heavy atom. The van der Waals surface area contributed by atoms with E-state index in [2.05, 4.69) is 38.1 Å². The van der Waals surface area contributed by atoms with Gasteiger partial charge >= 0.3 is 0 Å². The van der Waals surface area contributed by atoms with Crippen LogP contribution in [0.15, 0.2) is 17.0 Å². The number of hydrogen-bond acceptors (Lipinski definition) is 3. The molecule has 16 heavy (non-hydrogen) atoms. The average Bonchev–Trinajstić information content (AvgIpc) is 2.48. The molecule has 0 radical (unpaired) electrons. The fraction of sp³-hybridized carbons (Fsp3) is 0.667. The van der Waals surface area contributed by atoms with Crippen LogP contribution in [0, 0.1) is 5.92 Å². The highest BCUT2D eigenvalue weighted by Gasteiger charge is 2.20. The first-order valence-electron chi connectivity index (χ1n) is 5.99. The maximum absolute atomic E-state index is 4.27. The van der Waals surface area contributed by atoms with Gasteiger partial charge in [0, 0.05) is 12.2 Å². The van der Waals surface area contributed by atoms with E-state index in [9.17, 15) is 0 Å². The van der Waals surface area contributed by atoms with E-state index < -0.39 is 0 Å². The molecule has 1 aromatic rings. The molecule has 3 nitrogen and oxygen atoms in total. The maximum Gasteiger partial charge on any atom is 0.143 e. The number of nitrogens with one attached hydrogen (secondary N) is 1. The molecule has 2 unspecified atom stereocenters. The number of anilines is 1. The van der Waals surface area contributed by atoms with Gasteiger partial charge in [0.25, 0.3) is 0 Å². The van der Waals surface area contributed by atoms with Gasteiger partial charge in [-0.3, -0.25) is 0 Å². The predicted molar refractivity (Wildman–Crippen MR) is 69.4 cm³/mol. The van der Waals surface area contributed by atoms with Crippen molar-refractivity contribution in [2.45, 2.75) is 45.1 Å². The molecule has 1 saturated carbocycles. The van der Waals surface area contributed by atoms with Crippen molar-refractivity contribution in [3.63, 3.8) is 0 Å². The van der Waals surface area contributed by atoms with Gasteiger partial charge in [-0.25, -0.2) is 9.97 Å². The third-order valence-corrected chi connectivity index (χ3v) is 3.93. The van der Waals surface area contributed by atoms with Gasteiger partial charge in [-0.1, -0.05) is 26.2 Å². The van der Waals surface area contributed by atoms with Crippen molar-refractivity contribution in [3.8, 4) is 0 Å². The van der Waals surface area contributed by atoms with E-state index in [1.165, 1.54) is 32.1 Å². The first-order valence-corrected chi connectivity index (χ1v) is 6.78. The molecule has 4 heteroatoms. The molecule has 2 atom stereocenters. The molecule has 1 aliphatic carbocycles. The molecule has 0 amide bonds. The van der Waals surface area contributed by atoms with E-state index in [0.717, 1.165) is 16.2 Å². The lowest BCUT2D eigenvalue weighted by Crippen LogP contribution is -2.26. The van der Waals surface area contributed by atoms with Gasteiger partial charge in [-0.2, -0.15) is 0 Å². The van der Waals surface area contributed by atoms with Crippen LogP contribution in [0.2, 0.25) is 0 Å². The molecule has 0 bridgehead atoms. The van der Waals surface area contributed by atoms with Crippen LogP contribution in [0.4, 0.5) is 5.82 Å². The van der Waals surface area contributed by atoms with Crippen LogP contribution in [-0.2, 0) is 0 Å². The Balaban J connectivity index is 2.05. The van der Waals surface area contributed by atoms with Crippen molar-refractivity contribution in [3.05, 3.63) is 17.0 Å². The van der Waals surface area contributed by atoms with Crippen molar-refractivity contribution < 1.29 is 0 Å². The molecular weight excluding hydrogens is 266 g/mol. The highest BCUT2D eigenvalue weighted by molar-refractivity contribution is 9.10. The Hall–Kier alpha value is -0.640. The zero-order chi connectivity index (χ0) is 11.4. The molecule has 1 aliphatic rings. The van der Waals surface area contributed by atoms with Gasteiger partial charge < -0.3 is 5.32 Å². The Labute approximate surface area is 105 Å². The van der Waals surface area contributed by atoms with Crippen LogP contribution in [0.5, 0.6) is 0 Å². The minimum atomic E-state index is 0.550. The lowest BCUT2D eigenvalue weighted by atomic mass is 9.97. The Morgan fingerprint density at radius 1 is 1.31 bits per heavy atom. The summed E-state index contributed by atoms with van der Waals surface area (Å²) < 4.78 is 0.950. The molecule has 2 rings (SSSR count). The topological polar surface area (TPSA) is 37.8 Å². The van der Waals surface area contributed by atoms with Gasteiger partial charge in [0.1, 0.15) is 12.1 Å². The zero-order valence-electron chi connectivity index (χ0n) is 9.62. The minimum absolute atomic E-state index is 0.550. The molecule has 0 aliphatic heterocycles. The molecule has 0 aromatic carbocycles. The summed E-state index contributed by atoms with van der Waals surface area (Å²) >= 11 is 3.48. The first-order chi connectivity index (χ1) is 7.77. The second-order valence-corrected chi connectivity index (χ2v) is 5.44. The lowest BCUT2D eigenvalue weighted by Gasteiger charge is -2.23. The molecule has 1 N–H and O–H groups in total. The van der Waals surface area contributed by atoms with E-state index in [4.69, 9.17) is 0 Å². The van der Waals surface area contributed by atoms with Gasteiger partial charge in [0.2, 0.25) is 0 Å². The smallest absolute Gasteiger partial charge is 0.143 e. The highest BCUT2D eigenvalue weighted by atomic mass is 79.9. The standard InChI is InChI=1S/C12H18BrN3/c1-9-5-3-2-4-6-11(9)16-12-10(13)7-14-8-15-12/h7-9,11H,2-6H2,1H3,(H,14,15,16). The third kappa shape index (κ3) is 2.94. The number of nitrogens with zero attached hydrogens (tertiary/aromatic N) is 2. The summed E-state index contributed by atoms with van der Waals surface area (Å²) in [7, 11) is 0. The van der Waals surface area contributed by atoms with Gasteiger partial charge in [0.15, 0.2) is 0 Å². The summed E-state index contributed by atoms with van der Waals surface area (Å²) in [6, 6.07) is 0.550. The quantitative estimate of drug-likeness (QED) is 0.843. The molecule has 0 spiro atoms. The summed E-state index contributed by atoms with van der Waals surface area (Å²) in [5, 5.41) is 3.54. The van der Waals surface area contributed by atoms with E-state index in [1.54, 1.807) is 12.5 Å². The van der Waals surface area contributed by atoms with Crippen LogP contribution in [0.25, 0.3) is 0 Å². The Kier molecular flexibility index (Phi) is 4.16. The summed E-state index contributed by atoms with van der Waals surface area (Å²) in [4.78, 5) is 8.25. The highest BCUT2D eigenvalue weighted by Crippen LogP contribution is 2.27. The van der Waals surface area contributed by atoms with Gasteiger partial charge in [-0.05, 0) is 34.7 Å². The molecule has 1 heterocycles. The lowest BCUT2D eigenvalue weighted by molar-refractivity contribution is 0.455. The number of aromatic nitrogens is 2. The fourth-order valence-electron chi connectivity index (χ4n) is 2.30. The zero-order valence-corrected chi connectivity index (χ0v) is 11.2. The first kappa shape index (κ1) is 11.8. The van der Waals surface area contributed by atoms with Crippen molar-refractivity contribution in [2.24, 2.45) is 5.92 Å². The molecule has 0 saturated heterocycles. The average molecular weight is 284 g/mol. The van der Waals surface area contributed by atoms with E-state index >= 15 is 0 Å². The second kappa shape index (κ2) is 5.62. The van der Waals surface area contributed by atoms with Crippen LogP contribution >= 0.6 is 15.9 Å². The van der Waals surface area contributed by atoms with E-state index in [0.29, 0.717) is 6.04 Å². The van der Waals surface area contributed by atoms with E-state index in [-0.39, 0.29) is 0 Å². The van der Waals surface area contributed by atoms with Crippen molar-refractivity contribution in [1.82, 2.24) is 9.97 Å². The summed E-state index contributed by atoms with van der Waals surface area (Å²) in [6.45, 7) is 2.33. The predicted octanol–water partition coefficient (Wildman–Crippen LogP) is 3.62. The fourth-order valence-corrected chi connectivity index (χ4v) is 2.64. The normalized spacial score (nSPS) is 26.1.